The van der Waals surface area contributed by atoms with E-state index in [9.17, 15) is 18.0 Å². The molecule has 0 bridgehead atoms. The summed E-state index contributed by atoms with van der Waals surface area (Å²) in [7, 11) is 1.27. The fourth-order valence-corrected chi connectivity index (χ4v) is 0.941. The zero-order valence-electron chi connectivity index (χ0n) is 7.30. The van der Waals surface area contributed by atoms with E-state index in [1.165, 1.54) is 7.05 Å². The van der Waals surface area contributed by atoms with Gasteiger partial charge in [-0.05, 0) is 12.1 Å². The molecule has 1 heterocycles. The molecule has 0 aromatic carbocycles. The molecule has 0 aliphatic rings. The van der Waals surface area contributed by atoms with Gasteiger partial charge in [-0.1, -0.05) is 6.58 Å². The summed E-state index contributed by atoms with van der Waals surface area (Å²) in [5, 5.41) is 3.17. The van der Waals surface area contributed by atoms with Gasteiger partial charge < -0.3 is 0 Å². The van der Waals surface area contributed by atoms with Crippen molar-refractivity contribution in [2.24, 2.45) is 7.05 Å². The Morgan fingerprint density at radius 2 is 2.21 bits per heavy atom. The van der Waals surface area contributed by atoms with E-state index in [4.69, 9.17) is 0 Å². The van der Waals surface area contributed by atoms with Crippen molar-refractivity contribution in [1.29, 1.82) is 0 Å². The molecular formula is C8H7F3N2O. The highest BCUT2D eigenvalue weighted by Gasteiger charge is 2.35. The van der Waals surface area contributed by atoms with E-state index in [0.29, 0.717) is 6.07 Å². The third-order valence-electron chi connectivity index (χ3n) is 1.61. The van der Waals surface area contributed by atoms with Crippen LogP contribution in [0.1, 0.15) is 16.2 Å². The van der Waals surface area contributed by atoms with Gasteiger partial charge in [-0.2, -0.15) is 18.3 Å². The monoisotopic (exact) mass is 204 g/mol. The van der Waals surface area contributed by atoms with Crippen LogP contribution in [0.25, 0.3) is 0 Å². The summed E-state index contributed by atoms with van der Waals surface area (Å²) in [5.74, 6) is -0.588. The molecule has 0 amide bonds. The topological polar surface area (TPSA) is 34.9 Å². The second kappa shape index (κ2) is 3.28. The Balaban J connectivity index is 3.18. The molecule has 0 saturated heterocycles. The van der Waals surface area contributed by atoms with Crippen LogP contribution in [0, 0.1) is 0 Å². The highest BCUT2D eigenvalue weighted by molar-refractivity contribution is 6.02. The number of carbonyl (C=O) groups excluding carboxylic acids is 1. The molecule has 0 N–H and O–H groups in total. The Hall–Kier alpha value is -1.59. The summed E-state index contributed by atoms with van der Waals surface area (Å²) in [6.07, 6.45) is -3.59. The summed E-state index contributed by atoms with van der Waals surface area (Å²) in [4.78, 5) is 11.0. The predicted octanol–water partition coefficient (Wildman–Crippen LogP) is 1.81. The van der Waals surface area contributed by atoms with E-state index in [1.807, 2.05) is 0 Å². The molecule has 6 heteroatoms. The Morgan fingerprint density at radius 1 is 1.64 bits per heavy atom. The van der Waals surface area contributed by atoms with Crippen molar-refractivity contribution in [3.05, 3.63) is 30.1 Å². The van der Waals surface area contributed by atoms with Crippen LogP contribution in [-0.2, 0) is 13.2 Å². The van der Waals surface area contributed by atoms with Crippen LogP contribution in [-0.4, -0.2) is 15.6 Å². The van der Waals surface area contributed by atoms with Crippen molar-refractivity contribution < 1.29 is 18.0 Å². The smallest absolute Gasteiger partial charge is 0.288 e. The summed E-state index contributed by atoms with van der Waals surface area (Å²) >= 11 is 0. The van der Waals surface area contributed by atoms with Gasteiger partial charge in [0.25, 0.3) is 0 Å². The maximum absolute atomic E-state index is 12.1. The van der Waals surface area contributed by atoms with Crippen molar-refractivity contribution in [3.8, 4) is 0 Å². The molecule has 0 aliphatic heterocycles. The Morgan fingerprint density at radius 3 is 2.57 bits per heavy atom. The molecule has 1 aromatic heterocycles. The molecule has 0 unspecified atom stereocenters. The average molecular weight is 204 g/mol. The molecule has 0 fully saturated rings. The lowest BCUT2D eigenvalue weighted by atomic mass is 10.2. The van der Waals surface area contributed by atoms with E-state index in [0.717, 1.165) is 10.8 Å². The van der Waals surface area contributed by atoms with E-state index in [-0.39, 0.29) is 5.69 Å². The minimum absolute atomic E-state index is 0.132. The number of nitrogens with zero attached hydrogens (tertiary/aromatic N) is 2. The van der Waals surface area contributed by atoms with Crippen LogP contribution in [0.4, 0.5) is 13.2 Å². The van der Waals surface area contributed by atoms with Crippen molar-refractivity contribution in [2.75, 3.05) is 0 Å². The van der Waals surface area contributed by atoms with Gasteiger partial charge in [0.05, 0.1) is 0 Å². The lowest BCUT2D eigenvalue weighted by Crippen LogP contribution is -2.06. The normalized spacial score (nSPS) is 11.4. The molecule has 0 saturated carbocycles. The van der Waals surface area contributed by atoms with Gasteiger partial charge in [0.2, 0.25) is 5.78 Å². The van der Waals surface area contributed by atoms with Crippen molar-refractivity contribution in [3.63, 3.8) is 0 Å². The first-order valence-corrected chi connectivity index (χ1v) is 3.64. The highest BCUT2D eigenvalue weighted by atomic mass is 19.4. The second-order valence-electron chi connectivity index (χ2n) is 2.60. The molecule has 76 valence electrons. The molecule has 0 spiro atoms. The number of ketones is 1. The van der Waals surface area contributed by atoms with Gasteiger partial charge >= 0.3 is 6.18 Å². The molecule has 14 heavy (non-hydrogen) atoms. The van der Waals surface area contributed by atoms with Gasteiger partial charge in [-0.3, -0.25) is 9.48 Å². The van der Waals surface area contributed by atoms with Crippen LogP contribution in [0.15, 0.2) is 18.7 Å². The molecule has 1 aromatic rings. The third-order valence-corrected chi connectivity index (χ3v) is 1.61. The number of halogens is 3. The standard InChI is InChI=1S/C8H7F3N2O/c1-3-6(14)5-4-7(8(9,10)11)12-13(5)2/h3-4H,1H2,2H3. The van der Waals surface area contributed by atoms with E-state index >= 15 is 0 Å². The number of aryl methyl sites for hydroxylation is 1. The van der Waals surface area contributed by atoms with E-state index < -0.39 is 17.7 Å². The van der Waals surface area contributed by atoms with Gasteiger partial charge in [0.15, 0.2) is 5.69 Å². The first-order chi connectivity index (χ1) is 6.36. The lowest BCUT2D eigenvalue weighted by molar-refractivity contribution is -0.141. The zero-order chi connectivity index (χ0) is 10.9. The minimum Gasteiger partial charge on any atom is -0.288 e. The zero-order valence-corrected chi connectivity index (χ0v) is 7.30. The summed E-state index contributed by atoms with van der Waals surface area (Å²) in [5.41, 5.74) is -1.21. The fourth-order valence-electron chi connectivity index (χ4n) is 0.941. The number of carbonyl (C=O) groups is 1. The Kier molecular flexibility index (Phi) is 2.46. The van der Waals surface area contributed by atoms with Crippen molar-refractivity contribution >= 4 is 5.78 Å². The number of aromatic nitrogens is 2. The number of hydrogen-bond acceptors (Lipinski definition) is 2. The molecular weight excluding hydrogens is 197 g/mol. The molecule has 1 rings (SSSR count). The highest BCUT2D eigenvalue weighted by Crippen LogP contribution is 2.28. The number of allylic oxidation sites excluding steroid dienone is 1. The SMILES string of the molecule is C=CC(=O)c1cc(C(F)(F)F)nn1C. The maximum Gasteiger partial charge on any atom is 0.435 e. The first kappa shape index (κ1) is 10.5. The van der Waals surface area contributed by atoms with Gasteiger partial charge in [-0.15, -0.1) is 0 Å². The minimum atomic E-state index is -4.53. The van der Waals surface area contributed by atoms with Gasteiger partial charge in [-0.25, -0.2) is 0 Å². The predicted molar refractivity (Wildman–Crippen MR) is 42.7 cm³/mol. The van der Waals surface area contributed by atoms with E-state index in [2.05, 4.69) is 11.7 Å². The molecule has 3 nitrogen and oxygen atoms in total. The maximum atomic E-state index is 12.1. The van der Waals surface area contributed by atoms with E-state index in [1.54, 1.807) is 0 Å². The average Bonchev–Trinajstić information content (AvgIpc) is 2.45. The largest absolute Gasteiger partial charge is 0.435 e. The van der Waals surface area contributed by atoms with Gasteiger partial charge in [0.1, 0.15) is 5.69 Å². The molecule has 0 radical (unpaired) electrons. The molecule has 0 aliphatic carbocycles. The van der Waals surface area contributed by atoms with Crippen LogP contribution < -0.4 is 0 Å². The van der Waals surface area contributed by atoms with Gasteiger partial charge in [0, 0.05) is 7.05 Å². The van der Waals surface area contributed by atoms with Crippen LogP contribution in [0.5, 0.6) is 0 Å². The van der Waals surface area contributed by atoms with Crippen molar-refractivity contribution in [2.45, 2.75) is 6.18 Å². The summed E-state index contributed by atoms with van der Waals surface area (Å²) in [6, 6.07) is 0.698. The summed E-state index contributed by atoms with van der Waals surface area (Å²) < 4.78 is 37.3. The van der Waals surface area contributed by atoms with Crippen LogP contribution >= 0.6 is 0 Å². The van der Waals surface area contributed by atoms with Crippen molar-refractivity contribution in [1.82, 2.24) is 9.78 Å². The quantitative estimate of drug-likeness (QED) is 0.544. The first-order valence-electron chi connectivity index (χ1n) is 3.64. The third kappa shape index (κ3) is 1.84. The summed E-state index contributed by atoms with van der Waals surface area (Å²) in [6.45, 7) is 3.18. The van der Waals surface area contributed by atoms with Crippen LogP contribution in [0.3, 0.4) is 0 Å². The van der Waals surface area contributed by atoms with Crippen LogP contribution in [0.2, 0.25) is 0 Å². The number of alkyl halides is 3. The Bertz CT molecular complexity index is 378. The molecule has 0 atom stereocenters. The Labute approximate surface area is 77.8 Å². The number of rotatable bonds is 2. The number of hydrogen-bond donors (Lipinski definition) is 0. The lowest BCUT2D eigenvalue weighted by Gasteiger charge is -1.98. The second-order valence-corrected chi connectivity index (χ2v) is 2.60. The fraction of sp³-hybridized carbons (Fsp3) is 0.250.